The first-order chi connectivity index (χ1) is 14.4. The van der Waals surface area contributed by atoms with Crippen molar-refractivity contribution in [2.45, 2.75) is 45.1 Å². The number of carbonyl (C=O) groups excluding carboxylic acids is 1. The van der Waals surface area contributed by atoms with Crippen LogP contribution in [0.1, 0.15) is 64.6 Å². The Hall–Kier alpha value is -2.73. The number of hydrogen-bond donors (Lipinski definition) is 1. The smallest absolute Gasteiger partial charge is 0.252 e. The van der Waals surface area contributed by atoms with Gasteiger partial charge in [-0.1, -0.05) is 31.2 Å². The van der Waals surface area contributed by atoms with Gasteiger partial charge in [0.2, 0.25) is 0 Å². The number of pyridine rings is 1. The van der Waals surface area contributed by atoms with Crippen LogP contribution in [0.3, 0.4) is 0 Å². The standard InChI is InChI=1S/C24H31N5O/c1-6-16-7-9-18(10-8-16)21(28(3)4)14-25-24(30)19-13-20(17-11-12-17)26-23-22(19)15(2)27-29(23)5/h7-10,13,17,21H,6,11-12,14H2,1-5H3,(H,25,30). The van der Waals surface area contributed by atoms with Gasteiger partial charge in [-0.2, -0.15) is 5.10 Å². The molecule has 1 amide bonds. The first-order valence-corrected chi connectivity index (χ1v) is 10.8. The SMILES string of the molecule is CCc1ccc(C(CNC(=O)c2cc(C3CC3)nc3c2c(C)nn3C)N(C)C)cc1. The summed E-state index contributed by atoms with van der Waals surface area (Å²) in [6.45, 7) is 4.64. The molecule has 3 aromatic rings. The highest BCUT2D eigenvalue weighted by Gasteiger charge is 2.28. The molecular formula is C24H31N5O. The fraction of sp³-hybridized carbons (Fsp3) is 0.458. The first-order valence-electron chi connectivity index (χ1n) is 10.8. The minimum Gasteiger partial charge on any atom is -0.350 e. The van der Waals surface area contributed by atoms with E-state index in [0.717, 1.165) is 41.7 Å². The normalized spacial score (nSPS) is 15.0. The highest BCUT2D eigenvalue weighted by Crippen LogP contribution is 2.40. The third-order valence-electron chi connectivity index (χ3n) is 6.08. The Morgan fingerprint density at radius 1 is 1.27 bits per heavy atom. The quantitative estimate of drug-likeness (QED) is 0.650. The molecule has 1 aliphatic rings. The Morgan fingerprint density at radius 2 is 1.97 bits per heavy atom. The van der Waals surface area contributed by atoms with Crippen LogP contribution in [0.4, 0.5) is 0 Å². The van der Waals surface area contributed by atoms with Crippen LogP contribution >= 0.6 is 0 Å². The van der Waals surface area contributed by atoms with Gasteiger partial charge in [0.05, 0.1) is 22.7 Å². The Morgan fingerprint density at radius 3 is 2.57 bits per heavy atom. The maximum atomic E-state index is 13.3. The molecular weight excluding hydrogens is 374 g/mol. The number of fused-ring (bicyclic) bond motifs is 1. The maximum absolute atomic E-state index is 13.3. The second-order valence-corrected chi connectivity index (χ2v) is 8.56. The van der Waals surface area contributed by atoms with Crippen LogP contribution in [0.5, 0.6) is 0 Å². The van der Waals surface area contributed by atoms with Crippen LogP contribution in [0, 0.1) is 6.92 Å². The molecule has 0 aliphatic heterocycles. The van der Waals surface area contributed by atoms with Crippen molar-refractivity contribution in [1.82, 2.24) is 25.0 Å². The number of nitrogens with one attached hydrogen (secondary N) is 1. The van der Waals surface area contributed by atoms with Crippen molar-refractivity contribution >= 4 is 16.9 Å². The van der Waals surface area contributed by atoms with Crippen LogP contribution < -0.4 is 5.32 Å². The van der Waals surface area contributed by atoms with Crippen LogP contribution in [-0.2, 0) is 13.5 Å². The van der Waals surface area contributed by atoms with Crippen LogP contribution in [-0.4, -0.2) is 46.2 Å². The molecule has 6 heteroatoms. The summed E-state index contributed by atoms with van der Waals surface area (Å²) in [5, 5.41) is 8.54. The van der Waals surface area contributed by atoms with E-state index in [9.17, 15) is 4.79 Å². The number of amides is 1. The molecule has 2 aromatic heterocycles. The van der Waals surface area contributed by atoms with Gasteiger partial charge >= 0.3 is 0 Å². The summed E-state index contributed by atoms with van der Waals surface area (Å²) in [5.41, 5.74) is 5.85. The van der Waals surface area contributed by atoms with Gasteiger partial charge in [-0.25, -0.2) is 4.98 Å². The van der Waals surface area contributed by atoms with Gasteiger partial charge in [0.1, 0.15) is 0 Å². The summed E-state index contributed by atoms with van der Waals surface area (Å²) in [6, 6.07) is 10.7. The lowest BCUT2D eigenvalue weighted by atomic mass is 10.0. The highest BCUT2D eigenvalue weighted by atomic mass is 16.1. The minimum absolute atomic E-state index is 0.0579. The summed E-state index contributed by atoms with van der Waals surface area (Å²) in [4.78, 5) is 20.2. The minimum atomic E-state index is -0.0579. The summed E-state index contributed by atoms with van der Waals surface area (Å²) in [5.74, 6) is 0.417. The fourth-order valence-corrected chi connectivity index (χ4v) is 4.09. The molecule has 1 atom stereocenters. The molecule has 4 rings (SSSR count). The predicted octanol–water partition coefficient (Wildman–Crippen LogP) is 3.75. The van der Waals surface area contributed by atoms with Crippen molar-refractivity contribution in [2.75, 3.05) is 20.6 Å². The van der Waals surface area contributed by atoms with Gasteiger partial charge in [0.15, 0.2) is 5.65 Å². The zero-order valence-corrected chi connectivity index (χ0v) is 18.6. The highest BCUT2D eigenvalue weighted by molar-refractivity contribution is 6.06. The Kier molecular flexibility index (Phi) is 5.60. The van der Waals surface area contributed by atoms with Gasteiger partial charge in [-0.15, -0.1) is 0 Å². The molecule has 0 radical (unpaired) electrons. The van der Waals surface area contributed by atoms with E-state index in [1.54, 1.807) is 4.68 Å². The molecule has 30 heavy (non-hydrogen) atoms. The zero-order valence-electron chi connectivity index (χ0n) is 18.6. The molecule has 6 nitrogen and oxygen atoms in total. The molecule has 1 aromatic carbocycles. The van der Waals surface area contributed by atoms with E-state index < -0.39 is 0 Å². The average molecular weight is 406 g/mol. The lowest BCUT2D eigenvalue weighted by Gasteiger charge is -2.25. The van der Waals surface area contributed by atoms with Crippen LogP contribution in [0.15, 0.2) is 30.3 Å². The number of carbonyl (C=O) groups is 1. The van der Waals surface area contributed by atoms with E-state index in [1.165, 1.54) is 11.1 Å². The molecule has 2 heterocycles. The summed E-state index contributed by atoms with van der Waals surface area (Å²) >= 11 is 0. The number of aromatic nitrogens is 3. The second kappa shape index (κ2) is 8.19. The van der Waals surface area contributed by atoms with Crippen molar-refractivity contribution in [1.29, 1.82) is 0 Å². The topological polar surface area (TPSA) is 63.1 Å². The van der Waals surface area contributed by atoms with E-state index in [-0.39, 0.29) is 11.9 Å². The third-order valence-corrected chi connectivity index (χ3v) is 6.08. The number of benzene rings is 1. The second-order valence-electron chi connectivity index (χ2n) is 8.56. The Bertz CT molecular complexity index is 1060. The molecule has 0 spiro atoms. The van der Waals surface area contributed by atoms with Crippen LogP contribution in [0.2, 0.25) is 0 Å². The van der Waals surface area contributed by atoms with Gasteiger partial charge in [0, 0.05) is 25.2 Å². The largest absolute Gasteiger partial charge is 0.350 e. The molecule has 0 bridgehead atoms. The van der Waals surface area contributed by atoms with E-state index in [2.05, 4.69) is 46.5 Å². The van der Waals surface area contributed by atoms with Crippen molar-refractivity contribution in [2.24, 2.45) is 7.05 Å². The summed E-state index contributed by atoms with van der Waals surface area (Å²) < 4.78 is 1.78. The number of aryl methyl sites for hydroxylation is 3. The monoisotopic (exact) mass is 405 g/mol. The van der Waals surface area contributed by atoms with Gasteiger partial charge in [-0.3, -0.25) is 9.48 Å². The summed E-state index contributed by atoms with van der Waals surface area (Å²) in [7, 11) is 5.99. The van der Waals surface area contributed by atoms with E-state index in [4.69, 9.17) is 4.98 Å². The Balaban J connectivity index is 1.60. The van der Waals surface area contributed by atoms with Crippen molar-refractivity contribution < 1.29 is 4.79 Å². The first kappa shape index (κ1) is 20.5. The zero-order chi connectivity index (χ0) is 21.4. The third kappa shape index (κ3) is 3.97. The van der Waals surface area contributed by atoms with Crippen molar-refractivity contribution in [3.05, 3.63) is 58.4 Å². The number of likely N-dealkylation sites (N-methyl/N-ethyl adjacent to an activating group) is 1. The van der Waals surface area contributed by atoms with E-state index in [1.807, 2.05) is 34.1 Å². The molecule has 158 valence electrons. The van der Waals surface area contributed by atoms with E-state index >= 15 is 0 Å². The maximum Gasteiger partial charge on any atom is 0.252 e. The van der Waals surface area contributed by atoms with Crippen molar-refractivity contribution in [3.8, 4) is 0 Å². The van der Waals surface area contributed by atoms with E-state index in [0.29, 0.717) is 18.0 Å². The average Bonchev–Trinajstić information content (AvgIpc) is 3.54. The number of rotatable bonds is 7. The number of nitrogens with zero attached hydrogens (tertiary/aromatic N) is 4. The van der Waals surface area contributed by atoms with Crippen LogP contribution in [0.25, 0.3) is 11.0 Å². The fourth-order valence-electron chi connectivity index (χ4n) is 4.09. The van der Waals surface area contributed by atoms with Gasteiger partial charge in [-0.05, 0) is 57.5 Å². The molecule has 0 saturated heterocycles. The van der Waals surface area contributed by atoms with Gasteiger partial charge < -0.3 is 10.2 Å². The molecule has 1 saturated carbocycles. The molecule has 1 aliphatic carbocycles. The molecule has 1 unspecified atom stereocenters. The predicted molar refractivity (Wildman–Crippen MR) is 120 cm³/mol. The Labute approximate surface area is 178 Å². The lowest BCUT2D eigenvalue weighted by molar-refractivity contribution is 0.0943. The lowest BCUT2D eigenvalue weighted by Crippen LogP contribution is -2.34. The number of hydrogen-bond acceptors (Lipinski definition) is 4. The van der Waals surface area contributed by atoms with Crippen molar-refractivity contribution in [3.63, 3.8) is 0 Å². The molecule has 1 fully saturated rings. The van der Waals surface area contributed by atoms with Gasteiger partial charge in [0.25, 0.3) is 5.91 Å². The molecule has 1 N–H and O–H groups in total. The summed E-state index contributed by atoms with van der Waals surface area (Å²) in [6.07, 6.45) is 3.31.